The first kappa shape index (κ1) is 23.2. The molecule has 9 heteroatoms. The van der Waals surface area contributed by atoms with Gasteiger partial charge in [-0.1, -0.05) is 45.2 Å². The second kappa shape index (κ2) is 10.7. The minimum absolute atomic E-state index is 0.233. The van der Waals surface area contributed by atoms with Crippen molar-refractivity contribution < 1.29 is 19.1 Å². The van der Waals surface area contributed by atoms with Gasteiger partial charge in [-0.3, -0.25) is 14.5 Å². The molecular formula is C21H18BrCl2NO4S. The monoisotopic (exact) mass is 529 g/mol. The lowest BCUT2D eigenvalue weighted by Crippen LogP contribution is -2.29. The van der Waals surface area contributed by atoms with E-state index in [0.29, 0.717) is 45.8 Å². The molecule has 2 aromatic rings. The molecule has 0 aliphatic carbocycles. The molecule has 158 valence electrons. The Balaban J connectivity index is 1.79. The van der Waals surface area contributed by atoms with Crippen molar-refractivity contribution in [3.05, 3.63) is 66.9 Å². The Labute approximate surface area is 197 Å². The van der Waals surface area contributed by atoms with E-state index in [1.165, 1.54) is 4.90 Å². The van der Waals surface area contributed by atoms with Gasteiger partial charge in [0.2, 0.25) is 0 Å². The maximum Gasteiger partial charge on any atom is 0.293 e. The summed E-state index contributed by atoms with van der Waals surface area (Å²) in [6.45, 7) is 1.04. The van der Waals surface area contributed by atoms with Crippen LogP contribution in [0.25, 0.3) is 6.08 Å². The number of hydrogen-bond donors (Lipinski definition) is 0. The van der Waals surface area contributed by atoms with E-state index in [-0.39, 0.29) is 17.8 Å². The van der Waals surface area contributed by atoms with E-state index in [2.05, 4.69) is 15.9 Å². The molecule has 0 N–H and O–H groups in total. The molecule has 0 spiro atoms. The van der Waals surface area contributed by atoms with Gasteiger partial charge >= 0.3 is 0 Å². The van der Waals surface area contributed by atoms with Crippen molar-refractivity contribution in [2.75, 3.05) is 20.3 Å². The lowest BCUT2D eigenvalue weighted by molar-refractivity contribution is -0.122. The smallest absolute Gasteiger partial charge is 0.293 e. The highest BCUT2D eigenvalue weighted by Gasteiger charge is 2.34. The molecule has 1 aliphatic rings. The molecule has 1 saturated heterocycles. The molecule has 3 rings (SSSR count). The molecule has 0 saturated carbocycles. The van der Waals surface area contributed by atoms with Crippen molar-refractivity contribution in [3.63, 3.8) is 0 Å². The zero-order chi connectivity index (χ0) is 21.7. The minimum atomic E-state index is -0.312. The van der Waals surface area contributed by atoms with Gasteiger partial charge in [0.15, 0.2) is 0 Å². The number of carbonyl (C=O) groups excluding carboxylic acids is 2. The first-order valence-corrected chi connectivity index (χ1v) is 11.4. The number of nitrogens with zero attached hydrogens (tertiary/aromatic N) is 1. The van der Waals surface area contributed by atoms with E-state index >= 15 is 0 Å². The van der Waals surface area contributed by atoms with Crippen LogP contribution in [0.5, 0.6) is 5.75 Å². The maximum atomic E-state index is 12.7. The molecule has 2 amide bonds. The van der Waals surface area contributed by atoms with Crippen LogP contribution in [0, 0.1) is 0 Å². The minimum Gasteiger partial charge on any atom is -0.488 e. The molecule has 1 aliphatic heterocycles. The van der Waals surface area contributed by atoms with E-state index in [0.717, 1.165) is 21.8 Å². The van der Waals surface area contributed by atoms with Crippen LogP contribution in [0.4, 0.5) is 4.79 Å². The van der Waals surface area contributed by atoms with Crippen LogP contribution in [0.3, 0.4) is 0 Å². The summed E-state index contributed by atoms with van der Waals surface area (Å²) in [6.07, 6.45) is 2.26. The van der Waals surface area contributed by atoms with Gasteiger partial charge in [-0.2, -0.15) is 0 Å². The Hall–Kier alpha value is -1.51. The number of methoxy groups -OCH3 is 1. The van der Waals surface area contributed by atoms with Crippen molar-refractivity contribution in [1.29, 1.82) is 0 Å². The number of carbonyl (C=O) groups is 2. The van der Waals surface area contributed by atoms with E-state index in [1.54, 1.807) is 37.5 Å². The summed E-state index contributed by atoms with van der Waals surface area (Å²) < 4.78 is 11.8. The Morgan fingerprint density at radius 1 is 1.17 bits per heavy atom. The summed E-state index contributed by atoms with van der Waals surface area (Å²) >= 11 is 16.5. The number of thioether (sulfide) groups is 1. The molecule has 0 unspecified atom stereocenters. The summed E-state index contributed by atoms with van der Waals surface area (Å²) in [5, 5.41) is 0.778. The molecule has 0 aromatic heterocycles. The predicted octanol–water partition coefficient (Wildman–Crippen LogP) is 6.41. The molecule has 0 atom stereocenters. The third-order valence-corrected chi connectivity index (χ3v) is 6.25. The van der Waals surface area contributed by atoms with Crippen LogP contribution in [-0.2, 0) is 16.1 Å². The van der Waals surface area contributed by atoms with Crippen LogP contribution in [0.1, 0.15) is 17.5 Å². The highest BCUT2D eigenvalue weighted by Crippen LogP contribution is 2.35. The molecule has 1 fully saturated rings. The second-order valence-electron chi connectivity index (χ2n) is 6.39. The number of benzene rings is 2. The fourth-order valence-corrected chi connectivity index (χ4v) is 4.46. The highest BCUT2D eigenvalue weighted by molar-refractivity contribution is 9.10. The van der Waals surface area contributed by atoms with Crippen LogP contribution < -0.4 is 4.74 Å². The standard InChI is InChI=1S/C21H18BrCl2NO4S/c1-28-8-2-7-25-20(26)19(30-21(25)27)10-14-9-15(22)4-6-18(14)29-12-13-3-5-16(23)11-17(13)24/h3-6,9-11H,2,7-8,12H2,1H3/b19-10+. The van der Waals surface area contributed by atoms with Gasteiger partial charge in [0.1, 0.15) is 12.4 Å². The fourth-order valence-electron chi connectivity index (χ4n) is 2.76. The summed E-state index contributed by atoms with van der Waals surface area (Å²) in [6, 6.07) is 10.7. The topological polar surface area (TPSA) is 55.8 Å². The average Bonchev–Trinajstić information content (AvgIpc) is 2.96. The highest BCUT2D eigenvalue weighted by atomic mass is 79.9. The van der Waals surface area contributed by atoms with E-state index in [9.17, 15) is 9.59 Å². The first-order valence-electron chi connectivity index (χ1n) is 8.99. The van der Waals surface area contributed by atoms with E-state index in [1.807, 2.05) is 12.1 Å². The van der Waals surface area contributed by atoms with Crippen LogP contribution in [0.2, 0.25) is 10.0 Å². The van der Waals surface area contributed by atoms with Crippen LogP contribution in [-0.4, -0.2) is 36.3 Å². The number of hydrogen-bond acceptors (Lipinski definition) is 5. The van der Waals surface area contributed by atoms with Crippen molar-refractivity contribution >= 4 is 68.1 Å². The van der Waals surface area contributed by atoms with Gasteiger partial charge in [0, 0.05) is 45.9 Å². The van der Waals surface area contributed by atoms with Gasteiger partial charge < -0.3 is 9.47 Å². The summed E-state index contributed by atoms with van der Waals surface area (Å²) in [5.41, 5.74) is 1.46. The number of ether oxygens (including phenoxy) is 2. The lowest BCUT2D eigenvalue weighted by atomic mass is 10.1. The zero-order valence-electron chi connectivity index (χ0n) is 16.0. The molecule has 0 radical (unpaired) electrons. The second-order valence-corrected chi connectivity index (χ2v) is 9.14. The van der Waals surface area contributed by atoms with E-state index < -0.39 is 0 Å². The summed E-state index contributed by atoms with van der Waals surface area (Å²) in [5.74, 6) is 0.253. The van der Waals surface area contributed by atoms with Gasteiger partial charge in [0.05, 0.1) is 4.91 Å². The number of imide groups is 1. The number of halogens is 3. The van der Waals surface area contributed by atoms with Gasteiger partial charge in [0.25, 0.3) is 11.1 Å². The number of rotatable bonds is 8. The lowest BCUT2D eigenvalue weighted by Gasteiger charge is -2.12. The predicted molar refractivity (Wildman–Crippen MR) is 124 cm³/mol. The van der Waals surface area contributed by atoms with Gasteiger partial charge in [-0.15, -0.1) is 0 Å². The average molecular weight is 531 g/mol. The Morgan fingerprint density at radius 2 is 1.97 bits per heavy atom. The van der Waals surface area contributed by atoms with E-state index in [4.69, 9.17) is 32.7 Å². The maximum absolute atomic E-state index is 12.7. The third kappa shape index (κ3) is 5.80. The SMILES string of the molecule is COCCCN1C(=O)S/C(=C/c2cc(Br)ccc2OCc2ccc(Cl)cc2Cl)C1=O. The van der Waals surface area contributed by atoms with Crippen LogP contribution in [0.15, 0.2) is 45.8 Å². The molecule has 30 heavy (non-hydrogen) atoms. The molecular weight excluding hydrogens is 513 g/mol. The quantitative estimate of drug-likeness (QED) is 0.291. The Kier molecular flexibility index (Phi) is 8.25. The summed E-state index contributed by atoms with van der Waals surface area (Å²) in [7, 11) is 1.58. The third-order valence-electron chi connectivity index (χ3n) is 4.26. The normalized spacial score (nSPS) is 15.3. The van der Waals surface area contributed by atoms with Crippen molar-refractivity contribution in [3.8, 4) is 5.75 Å². The van der Waals surface area contributed by atoms with Crippen molar-refractivity contribution in [2.45, 2.75) is 13.0 Å². The Morgan fingerprint density at radius 3 is 2.70 bits per heavy atom. The molecule has 5 nitrogen and oxygen atoms in total. The molecule has 1 heterocycles. The van der Waals surface area contributed by atoms with Gasteiger partial charge in [-0.05, 0) is 54.6 Å². The van der Waals surface area contributed by atoms with Crippen LogP contribution >= 0.6 is 50.9 Å². The molecule has 2 aromatic carbocycles. The molecule has 0 bridgehead atoms. The number of amides is 2. The van der Waals surface area contributed by atoms with Crippen molar-refractivity contribution in [2.24, 2.45) is 0 Å². The van der Waals surface area contributed by atoms with Crippen molar-refractivity contribution in [1.82, 2.24) is 4.90 Å². The fraction of sp³-hybridized carbons (Fsp3) is 0.238. The zero-order valence-corrected chi connectivity index (χ0v) is 19.9. The first-order chi connectivity index (χ1) is 14.4. The Bertz CT molecular complexity index is 999. The largest absolute Gasteiger partial charge is 0.488 e. The van der Waals surface area contributed by atoms with Gasteiger partial charge in [-0.25, -0.2) is 0 Å². The summed E-state index contributed by atoms with van der Waals surface area (Å²) in [4.78, 5) is 26.5.